The van der Waals surface area contributed by atoms with Gasteiger partial charge in [-0.25, -0.2) is 17.2 Å². The third-order valence-electron chi connectivity index (χ3n) is 6.23. The fourth-order valence-electron chi connectivity index (χ4n) is 4.28. The highest BCUT2D eigenvalue weighted by atomic mass is 79.9. The number of hydrogen-bond acceptors (Lipinski definition) is 4. The maximum atomic E-state index is 13.8. The van der Waals surface area contributed by atoms with Crippen molar-refractivity contribution in [3.05, 3.63) is 100 Å². The Labute approximate surface area is 242 Å². The Morgan fingerprint density at radius 2 is 1.62 bits per heavy atom. The van der Waals surface area contributed by atoms with Crippen LogP contribution in [0.3, 0.4) is 0 Å². The standard InChI is InChI=1S/C29H32BrF2N3O4S/c1-3-33-29(37)27(18-21-8-5-4-6-9-21)34(20-22-11-13-23(30)14-12-22)28(36)10-7-17-35(40(2,38)39)24-15-16-25(31)26(32)19-24/h4-6,8-9,11-16,19,27H,3,7,10,17-18,20H2,1-2H3,(H,33,37)/t27-/m0/s1. The molecule has 0 saturated carbocycles. The molecular weight excluding hydrogens is 604 g/mol. The van der Waals surface area contributed by atoms with Gasteiger partial charge < -0.3 is 10.2 Å². The third kappa shape index (κ3) is 8.85. The zero-order chi connectivity index (χ0) is 29.3. The molecule has 40 heavy (non-hydrogen) atoms. The zero-order valence-corrected chi connectivity index (χ0v) is 24.7. The highest BCUT2D eigenvalue weighted by Gasteiger charge is 2.30. The van der Waals surface area contributed by atoms with Crippen LogP contribution in [-0.4, -0.2) is 50.5 Å². The van der Waals surface area contributed by atoms with Crippen molar-refractivity contribution in [2.24, 2.45) is 0 Å². The van der Waals surface area contributed by atoms with Crippen LogP contribution < -0.4 is 9.62 Å². The van der Waals surface area contributed by atoms with Gasteiger partial charge in [0.2, 0.25) is 21.8 Å². The van der Waals surface area contributed by atoms with Gasteiger partial charge in [0.1, 0.15) is 6.04 Å². The molecule has 7 nitrogen and oxygen atoms in total. The van der Waals surface area contributed by atoms with Gasteiger partial charge in [-0.2, -0.15) is 0 Å². The fourth-order valence-corrected chi connectivity index (χ4v) is 5.50. The summed E-state index contributed by atoms with van der Waals surface area (Å²) in [5.74, 6) is -2.90. The largest absolute Gasteiger partial charge is 0.355 e. The molecule has 0 spiro atoms. The zero-order valence-electron chi connectivity index (χ0n) is 22.3. The number of nitrogens with one attached hydrogen (secondary N) is 1. The van der Waals surface area contributed by atoms with E-state index in [1.165, 1.54) is 11.0 Å². The number of likely N-dealkylation sites (N-methyl/N-ethyl adjacent to an activating group) is 1. The van der Waals surface area contributed by atoms with Crippen molar-refractivity contribution in [1.29, 1.82) is 0 Å². The number of sulfonamides is 1. The van der Waals surface area contributed by atoms with E-state index in [1.807, 2.05) is 54.6 Å². The smallest absolute Gasteiger partial charge is 0.243 e. The number of rotatable bonds is 13. The Hall–Kier alpha value is -3.31. The van der Waals surface area contributed by atoms with E-state index >= 15 is 0 Å². The van der Waals surface area contributed by atoms with Gasteiger partial charge in [-0.3, -0.25) is 13.9 Å². The molecule has 0 saturated heterocycles. The van der Waals surface area contributed by atoms with Crippen LogP contribution in [0.5, 0.6) is 0 Å². The number of amides is 2. The van der Waals surface area contributed by atoms with E-state index < -0.39 is 27.7 Å². The van der Waals surface area contributed by atoms with Crippen LogP contribution in [-0.2, 0) is 32.6 Å². The highest BCUT2D eigenvalue weighted by molar-refractivity contribution is 9.10. The van der Waals surface area contributed by atoms with E-state index in [0.717, 1.165) is 38.3 Å². The lowest BCUT2D eigenvalue weighted by atomic mass is 10.0. The molecular formula is C29H32BrF2N3O4S. The lowest BCUT2D eigenvalue weighted by molar-refractivity contribution is -0.141. The van der Waals surface area contributed by atoms with Gasteiger partial charge in [-0.1, -0.05) is 58.4 Å². The van der Waals surface area contributed by atoms with E-state index in [4.69, 9.17) is 0 Å². The van der Waals surface area contributed by atoms with Crippen molar-refractivity contribution in [3.63, 3.8) is 0 Å². The summed E-state index contributed by atoms with van der Waals surface area (Å²) in [4.78, 5) is 28.4. The second-order valence-corrected chi connectivity index (χ2v) is 12.1. The van der Waals surface area contributed by atoms with Gasteiger partial charge in [-0.05, 0) is 48.7 Å². The molecule has 0 radical (unpaired) electrons. The van der Waals surface area contributed by atoms with Crippen molar-refractivity contribution in [2.45, 2.75) is 38.8 Å². The molecule has 1 atom stereocenters. The molecule has 0 aliphatic carbocycles. The van der Waals surface area contributed by atoms with Crippen LogP contribution in [0.2, 0.25) is 0 Å². The minimum atomic E-state index is -3.85. The summed E-state index contributed by atoms with van der Waals surface area (Å²) in [5.41, 5.74) is 1.66. The van der Waals surface area contributed by atoms with Gasteiger partial charge >= 0.3 is 0 Å². The average Bonchev–Trinajstić information content (AvgIpc) is 2.91. The highest BCUT2D eigenvalue weighted by Crippen LogP contribution is 2.22. The van der Waals surface area contributed by atoms with Crippen molar-refractivity contribution in [3.8, 4) is 0 Å². The number of carbonyl (C=O) groups is 2. The van der Waals surface area contributed by atoms with E-state index in [1.54, 1.807) is 6.92 Å². The fraction of sp³-hybridized carbons (Fsp3) is 0.310. The minimum absolute atomic E-state index is 0.0372. The number of halogens is 3. The first kappa shape index (κ1) is 31.2. The molecule has 3 aromatic carbocycles. The molecule has 0 heterocycles. The minimum Gasteiger partial charge on any atom is -0.355 e. The SMILES string of the molecule is CCNC(=O)[C@H](Cc1ccccc1)N(Cc1ccc(Br)cc1)C(=O)CCCN(c1ccc(F)c(F)c1)S(C)(=O)=O. The first-order valence-electron chi connectivity index (χ1n) is 12.8. The molecule has 214 valence electrons. The maximum Gasteiger partial charge on any atom is 0.243 e. The Kier molecular flexibility index (Phi) is 11.2. The van der Waals surface area contributed by atoms with Crippen LogP contribution in [0.15, 0.2) is 77.3 Å². The molecule has 2 amide bonds. The van der Waals surface area contributed by atoms with Crippen LogP contribution >= 0.6 is 15.9 Å². The van der Waals surface area contributed by atoms with Crippen LogP contribution in [0.25, 0.3) is 0 Å². The molecule has 0 bridgehead atoms. The summed E-state index contributed by atoms with van der Waals surface area (Å²) < 4.78 is 53.9. The van der Waals surface area contributed by atoms with Gasteiger partial charge in [0, 0.05) is 43.0 Å². The molecule has 0 aromatic heterocycles. The Balaban J connectivity index is 1.86. The summed E-state index contributed by atoms with van der Waals surface area (Å²) in [6.45, 7) is 2.23. The summed E-state index contributed by atoms with van der Waals surface area (Å²) in [5, 5.41) is 2.83. The predicted octanol–water partition coefficient (Wildman–Crippen LogP) is 5.05. The van der Waals surface area contributed by atoms with Gasteiger partial charge in [0.05, 0.1) is 11.9 Å². The molecule has 0 unspecified atom stereocenters. The topological polar surface area (TPSA) is 86.8 Å². The van der Waals surface area contributed by atoms with Crippen molar-refractivity contribution < 1.29 is 26.8 Å². The van der Waals surface area contributed by atoms with E-state index in [2.05, 4.69) is 21.2 Å². The first-order chi connectivity index (χ1) is 19.0. The van der Waals surface area contributed by atoms with Crippen molar-refractivity contribution in [2.75, 3.05) is 23.7 Å². The van der Waals surface area contributed by atoms with Gasteiger partial charge in [-0.15, -0.1) is 0 Å². The molecule has 0 aliphatic heterocycles. The summed E-state index contributed by atoms with van der Waals surface area (Å²) >= 11 is 3.41. The number of anilines is 1. The Morgan fingerprint density at radius 1 is 0.950 bits per heavy atom. The van der Waals surface area contributed by atoms with Gasteiger partial charge in [0.25, 0.3) is 0 Å². The van der Waals surface area contributed by atoms with E-state index in [-0.39, 0.29) is 43.4 Å². The number of nitrogens with zero attached hydrogens (tertiary/aromatic N) is 2. The van der Waals surface area contributed by atoms with Crippen LogP contribution in [0, 0.1) is 11.6 Å². The second-order valence-electron chi connectivity index (χ2n) is 9.29. The predicted molar refractivity (Wildman–Crippen MR) is 155 cm³/mol. The molecule has 0 fully saturated rings. The van der Waals surface area contributed by atoms with Crippen LogP contribution in [0.1, 0.15) is 30.9 Å². The first-order valence-corrected chi connectivity index (χ1v) is 15.4. The average molecular weight is 637 g/mol. The van der Waals surface area contributed by atoms with Crippen molar-refractivity contribution >= 4 is 43.5 Å². The quantitative estimate of drug-likeness (QED) is 0.285. The van der Waals surface area contributed by atoms with E-state index in [9.17, 15) is 26.8 Å². The molecule has 3 rings (SSSR count). The lowest BCUT2D eigenvalue weighted by Crippen LogP contribution is -2.50. The molecule has 0 aliphatic rings. The van der Waals surface area contributed by atoms with Gasteiger partial charge in [0.15, 0.2) is 11.6 Å². The number of benzene rings is 3. The van der Waals surface area contributed by atoms with Crippen molar-refractivity contribution in [1.82, 2.24) is 10.2 Å². The molecule has 3 aromatic rings. The Bertz CT molecular complexity index is 1410. The monoisotopic (exact) mass is 635 g/mol. The lowest BCUT2D eigenvalue weighted by Gasteiger charge is -2.32. The normalized spacial score (nSPS) is 12.0. The summed E-state index contributed by atoms with van der Waals surface area (Å²) in [6, 6.07) is 18.8. The van der Waals surface area contributed by atoms with E-state index in [0.29, 0.717) is 13.0 Å². The third-order valence-corrected chi connectivity index (χ3v) is 7.95. The maximum absolute atomic E-state index is 13.8. The molecule has 1 N–H and O–H groups in total. The second kappa shape index (κ2) is 14.4. The number of carbonyl (C=O) groups excluding carboxylic acids is 2. The summed E-state index contributed by atoms with van der Waals surface area (Å²) in [6.07, 6.45) is 1.27. The number of hydrogen-bond donors (Lipinski definition) is 1. The Morgan fingerprint density at radius 3 is 2.23 bits per heavy atom. The molecule has 11 heteroatoms. The van der Waals surface area contributed by atoms with Crippen LogP contribution in [0.4, 0.5) is 14.5 Å². The summed E-state index contributed by atoms with van der Waals surface area (Å²) in [7, 11) is -3.85.